The molecule has 0 amide bonds. The molecule has 5 nitrogen and oxygen atoms in total. The van der Waals surface area contributed by atoms with E-state index in [1.54, 1.807) is 0 Å². The van der Waals surface area contributed by atoms with Crippen LogP contribution in [-0.2, 0) is 10.0 Å². The van der Waals surface area contributed by atoms with Crippen LogP contribution in [0.15, 0.2) is 22.5 Å². The topological polar surface area (TPSA) is 79.3 Å². The molecular formula is C10H7ClN2O3S3. The first kappa shape index (κ1) is 14.3. The smallest absolute Gasteiger partial charge is 0.273 e. The average molecular weight is 335 g/mol. The molecule has 100 valence electrons. The molecule has 0 atom stereocenters. The fraction of sp³-hybridized carbons (Fsp3) is 0.100. The zero-order valence-corrected chi connectivity index (χ0v) is 12.5. The molecule has 0 bridgehead atoms. The van der Waals surface area contributed by atoms with Crippen molar-refractivity contribution in [2.75, 3.05) is 11.3 Å². The highest BCUT2D eigenvalue weighted by Gasteiger charge is 2.18. The van der Waals surface area contributed by atoms with Gasteiger partial charge in [-0.15, -0.1) is 11.3 Å². The summed E-state index contributed by atoms with van der Waals surface area (Å²) in [5, 5.41) is 8.77. The van der Waals surface area contributed by atoms with Gasteiger partial charge in [0, 0.05) is 0 Å². The van der Waals surface area contributed by atoms with Crippen molar-refractivity contribution in [3.05, 3.63) is 27.5 Å². The van der Waals surface area contributed by atoms with Gasteiger partial charge in [0.1, 0.15) is 10.8 Å². The van der Waals surface area contributed by atoms with E-state index in [1.165, 1.54) is 18.3 Å². The standard InChI is InChI=1S/C10H7ClN2O3S3/c11-8-3-4-9(18-8)19(15,16)13-10-12-6-7(17-10)2-1-5-14/h3-4,6,14H,5H2,(H,12,13). The van der Waals surface area contributed by atoms with Crippen LogP contribution in [0, 0.1) is 11.8 Å². The van der Waals surface area contributed by atoms with Gasteiger partial charge in [-0.25, -0.2) is 13.4 Å². The Morgan fingerprint density at radius 1 is 1.42 bits per heavy atom. The second kappa shape index (κ2) is 5.90. The minimum Gasteiger partial charge on any atom is -0.384 e. The number of thiophene rings is 1. The molecule has 0 aliphatic rings. The Balaban J connectivity index is 2.19. The van der Waals surface area contributed by atoms with Gasteiger partial charge in [-0.3, -0.25) is 4.72 Å². The molecule has 2 aromatic rings. The maximum atomic E-state index is 12.0. The maximum Gasteiger partial charge on any atom is 0.273 e. The van der Waals surface area contributed by atoms with Gasteiger partial charge >= 0.3 is 0 Å². The van der Waals surface area contributed by atoms with Crippen molar-refractivity contribution in [1.82, 2.24) is 4.98 Å². The van der Waals surface area contributed by atoms with E-state index in [-0.39, 0.29) is 15.9 Å². The van der Waals surface area contributed by atoms with E-state index in [0.29, 0.717) is 9.21 Å². The second-order valence-corrected chi connectivity index (χ2v) is 7.81. The number of rotatable bonds is 3. The molecule has 2 N–H and O–H groups in total. The van der Waals surface area contributed by atoms with Crippen molar-refractivity contribution in [3.8, 4) is 11.8 Å². The number of aromatic nitrogens is 1. The van der Waals surface area contributed by atoms with E-state index in [2.05, 4.69) is 21.5 Å². The first-order valence-corrected chi connectivity index (χ1v) is 8.34. The zero-order valence-electron chi connectivity index (χ0n) is 9.25. The van der Waals surface area contributed by atoms with Crippen LogP contribution in [0.5, 0.6) is 0 Å². The molecule has 0 aromatic carbocycles. The highest BCUT2D eigenvalue weighted by molar-refractivity contribution is 7.94. The Labute approximate surface area is 122 Å². The fourth-order valence-electron chi connectivity index (χ4n) is 1.11. The van der Waals surface area contributed by atoms with Crippen molar-refractivity contribution in [2.45, 2.75) is 4.21 Å². The molecule has 0 unspecified atom stereocenters. The van der Waals surface area contributed by atoms with Crippen molar-refractivity contribution in [3.63, 3.8) is 0 Å². The quantitative estimate of drug-likeness (QED) is 0.841. The Bertz CT molecular complexity index is 739. The predicted octanol–water partition coefficient (Wildman–Crippen LogP) is 2.00. The second-order valence-electron chi connectivity index (χ2n) is 3.15. The fourth-order valence-corrected chi connectivity index (χ4v) is 4.53. The molecule has 0 fully saturated rings. The minimum absolute atomic E-state index is 0.121. The number of nitrogens with zero attached hydrogens (tertiary/aromatic N) is 1. The van der Waals surface area contributed by atoms with Crippen molar-refractivity contribution >= 4 is 49.4 Å². The lowest BCUT2D eigenvalue weighted by molar-refractivity contribution is 0.350. The summed E-state index contributed by atoms with van der Waals surface area (Å²) < 4.78 is 26.8. The van der Waals surface area contributed by atoms with Gasteiger partial charge in [0.2, 0.25) is 0 Å². The third-order valence-corrected chi connectivity index (χ3v) is 5.85. The number of halogens is 1. The van der Waals surface area contributed by atoms with Gasteiger partial charge < -0.3 is 5.11 Å². The molecule has 2 heterocycles. The zero-order chi connectivity index (χ0) is 13.9. The first-order valence-electron chi connectivity index (χ1n) is 4.85. The Morgan fingerprint density at radius 2 is 2.21 bits per heavy atom. The van der Waals surface area contributed by atoms with Gasteiger partial charge in [0.05, 0.1) is 15.4 Å². The lowest BCUT2D eigenvalue weighted by atomic mass is 10.5. The summed E-state index contributed by atoms with van der Waals surface area (Å²) in [5.41, 5.74) is 0. The Hall–Kier alpha value is -1.11. The van der Waals surface area contributed by atoms with Crippen LogP contribution < -0.4 is 4.72 Å². The van der Waals surface area contributed by atoms with Gasteiger partial charge in [-0.05, 0) is 12.1 Å². The van der Waals surface area contributed by atoms with E-state index >= 15 is 0 Å². The lowest BCUT2D eigenvalue weighted by Gasteiger charge is -2.00. The lowest BCUT2D eigenvalue weighted by Crippen LogP contribution is -2.10. The van der Waals surface area contributed by atoms with Gasteiger partial charge in [-0.2, -0.15) is 0 Å². The molecular weight excluding hydrogens is 328 g/mol. The molecule has 9 heteroatoms. The summed E-state index contributed by atoms with van der Waals surface area (Å²) in [4.78, 5) is 4.47. The molecule has 2 rings (SSSR count). The van der Waals surface area contributed by atoms with Crippen molar-refractivity contribution in [1.29, 1.82) is 0 Å². The molecule has 0 aliphatic carbocycles. The van der Waals surface area contributed by atoms with Crippen LogP contribution in [0.4, 0.5) is 5.13 Å². The molecule has 2 aromatic heterocycles. The number of aliphatic hydroxyl groups excluding tert-OH is 1. The van der Waals surface area contributed by atoms with Gasteiger partial charge in [0.25, 0.3) is 10.0 Å². The number of aliphatic hydroxyl groups is 1. The number of anilines is 1. The molecule has 0 saturated heterocycles. The summed E-state index contributed by atoms with van der Waals surface area (Å²) in [6.07, 6.45) is 1.44. The molecule has 0 spiro atoms. The molecule has 0 aliphatic heterocycles. The normalized spacial score (nSPS) is 10.8. The van der Waals surface area contributed by atoms with Crippen LogP contribution in [0.25, 0.3) is 0 Å². The molecule has 0 radical (unpaired) electrons. The van der Waals surface area contributed by atoms with Gasteiger partial charge in [0.15, 0.2) is 5.13 Å². The summed E-state index contributed by atoms with van der Waals surface area (Å²) in [6.45, 7) is -0.257. The van der Waals surface area contributed by atoms with Crippen molar-refractivity contribution < 1.29 is 13.5 Å². The number of sulfonamides is 1. The number of hydrogen-bond donors (Lipinski definition) is 2. The van der Waals surface area contributed by atoms with Crippen LogP contribution >= 0.6 is 34.3 Å². The number of thiazole rings is 1. The van der Waals surface area contributed by atoms with Crippen LogP contribution in [0.2, 0.25) is 4.34 Å². The highest BCUT2D eigenvalue weighted by atomic mass is 35.5. The number of nitrogens with one attached hydrogen (secondary N) is 1. The summed E-state index contributed by atoms with van der Waals surface area (Å²) in [7, 11) is -3.67. The van der Waals surface area contributed by atoms with Crippen LogP contribution in [0.1, 0.15) is 4.88 Å². The Morgan fingerprint density at radius 3 is 2.84 bits per heavy atom. The average Bonchev–Trinajstić information content (AvgIpc) is 2.95. The SMILES string of the molecule is O=S(=O)(Nc1ncc(C#CCO)s1)c1ccc(Cl)s1. The van der Waals surface area contributed by atoms with E-state index in [4.69, 9.17) is 16.7 Å². The Kier molecular flexibility index (Phi) is 4.44. The molecule has 19 heavy (non-hydrogen) atoms. The van der Waals surface area contributed by atoms with Crippen molar-refractivity contribution in [2.24, 2.45) is 0 Å². The highest BCUT2D eigenvalue weighted by Crippen LogP contribution is 2.28. The monoisotopic (exact) mass is 334 g/mol. The number of hydrogen-bond acceptors (Lipinski definition) is 6. The third-order valence-electron chi connectivity index (χ3n) is 1.83. The minimum atomic E-state index is -3.67. The summed E-state index contributed by atoms with van der Waals surface area (Å²) >= 11 is 7.75. The third kappa shape index (κ3) is 3.68. The summed E-state index contributed by atoms with van der Waals surface area (Å²) in [5.74, 6) is 5.11. The molecule has 0 saturated carbocycles. The van der Waals surface area contributed by atoms with E-state index in [1.807, 2.05) is 0 Å². The largest absolute Gasteiger partial charge is 0.384 e. The van der Waals surface area contributed by atoms with E-state index in [9.17, 15) is 8.42 Å². The van der Waals surface area contributed by atoms with E-state index < -0.39 is 10.0 Å². The van der Waals surface area contributed by atoms with Crippen LogP contribution in [0.3, 0.4) is 0 Å². The predicted molar refractivity (Wildman–Crippen MR) is 76.2 cm³/mol. The summed E-state index contributed by atoms with van der Waals surface area (Å²) in [6, 6.07) is 2.94. The van der Waals surface area contributed by atoms with Gasteiger partial charge in [-0.1, -0.05) is 34.8 Å². The first-order chi connectivity index (χ1) is 9.01. The van der Waals surface area contributed by atoms with E-state index in [0.717, 1.165) is 22.7 Å². The maximum absolute atomic E-state index is 12.0. The van der Waals surface area contributed by atoms with Crippen LogP contribution in [-0.4, -0.2) is 25.1 Å².